The van der Waals surface area contributed by atoms with Crippen LogP contribution in [0.5, 0.6) is 11.5 Å². The van der Waals surface area contributed by atoms with Crippen LogP contribution in [0.3, 0.4) is 0 Å². The number of aryl methyl sites for hydroxylation is 2. The smallest absolute Gasteiger partial charge is 0.303 e. The molecule has 0 aromatic heterocycles. The first kappa shape index (κ1) is 27.1. The van der Waals surface area contributed by atoms with Crippen LogP contribution in [0.1, 0.15) is 72.0 Å². The second-order valence-corrected chi connectivity index (χ2v) is 8.96. The zero-order valence-corrected chi connectivity index (χ0v) is 21.0. The fraction of sp³-hybridized carbons (Fsp3) is 0.286. The van der Waals surface area contributed by atoms with Crippen molar-refractivity contribution in [2.75, 3.05) is 0 Å². The number of nitrogens with one attached hydrogen (secondary N) is 1. The van der Waals surface area contributed by atoms with E-state index in [0.29, 0.717) is 29.7 Å². The van der Waals surface area contributed by atoms with E-state index in [0.717, 1.165) is 11.1 Å². The summed E-state index contributed by atoms with van der Waals surface area (Å²) in [5.74, 6) is -1.11. The van der Waals surface area contributed by atoms with E-state index in [1.54, 1.807) is 19.1 Å². The maximum absolute atomic E-state index is 14.4. The van der Waals surface area contributed by atoms with Crippen molar-refractivity contribution in [1.29, 1.82) is 0 Å². The Labute approximate surface area is 214 Å². The van der Waals surface area contributed by atoms with E-state index in [1.165, 1.54) is 37.3 Å². The highest BCUT2D eigenvalue weighted by Gasteiger charge is 2.17. The van der Waals surface area contributed by atoms with Gasteiger partial charge in [-0.3, -0.25) is 9.59 Å². The molecule has 0 spiro atoms. The molecule has 0 radical (unpaired) electrons. The highest BCUT2D eigenvalue weighted by atomic mass is 35.5. The Morgan fingerprint density at radius 2 is 1.75 bits per heavy atom. The summed E-state index contributed by atoms with van der Waals surface area (Å²) in [6, 6.07) is 13.3. The van der Waals surface area contributed by atoms with Gasteiger partial charge < -0.3 is 15.2 Å². The van der Waals surface area contributed by atoms with Crippen molar-refractivity contribution >= 4 is 23.5 Å². The summed E-state index contributed by atoms with van der Waals surface area (Å²) in [5, 5.41) is 11.9. The van der Waals surface area contributed by atoms with Crippen LogP contribution in [0.2, 0.25) is 5.02 Å². The number of ether oxygens (including phenoxy) is 1. The van der Waals surface area contributed by atoms with E-state index in [9.17, 15) is 18.4 Å². The highest BCUT2D eigenvalue weighted by Crippen LogP contribution is 2.29. The highest BCUT2D eigenvalue weighted by molar-refractivity contribution is 6.33. The predicted molar refractivity (Wildman–Crippen MR) is 135 cm³/mol. The Morgan fingerprint density at radius 3 is 2.39 bits per heavy atom. The lowest BCUT2D eigenvalue weighted by Gasteiger charge is -2.17. The van der Waals surface area contributed by atoms with Crippen molar-refractivity contribution in [3.8, 4) is 11.5 Å². The fourth-order valence-corrected chi connectivity index (χ4v) is 4.11. The number of hydrogen-bond donors (Lipinski definition) is 2. The molecule has 0 saturated carbocycles. The molecule has 3 rings (SSSR count). The minimum atomic E-state index is -1.21. The molecule has 0 aliphatic heterocycles. The summed E-state index contributed by atoms with van der Waals surface area (Å²) in [4.78, 5) is 23.6. The molecule has 1 amide bonds. The first-order valence-corrected chi connectivity index (χ1v) is 12.0. The topological polar surface area (TPSA) is 75.6 Å². The van der Waals surface area contributed by atoms with Gasteiger partial charge in [-0.25, -0.2) is 8.78 Å². The zero-order chi connectivity index (χ0) is 26.4. The Kier molecular flexibility index (Phi) is 9.04. The number of carboxylic acids is 1. The normalized spacial score (nSPS) is 12.6. The van der Waals surface area contributed by atoms with Crippen molar-refractivity contribution in [2.24, 2.45) is 0 Å². The minimum Gasteiger partial charge on any atom is -0.481 e. The first-order valence-electron chi connectivity index (χ1n) is 11.6. The van der Waals surface area contributed by atoms with Gasteiger partial charge in [0, 0.05) is 12.5 Å². The van der Waals surface area contributed by atoms with Gasteiger partial charge in [-0.1, -0.05) is 30.7 Å². The van der Waals surface area contributed by atoms with Crippen LogP contribution in [0.15, 0.2) is 54.6 Å². The van der Waals surface area contributed by atoms with E-state index in [2.05, 4.69) is 5.32 Å². The summed E-state index contributed by atoms with van der Waals surface area (Å²) < 4.78 is 33.8. The molecule has 0 fully saturated rings. The molecule has 0 aliphatic carbocycles. The minimum absolute atomic E-state index is 0.0361. The zero-order valence-electron chi connectivity index (χ0n) is 20.3. The second kappa shape index (κ2) is 12.0. The van der Waals surface area contributed by atoms with Crippen molar-refractivity contribution in [1.82, 2.24) is 5.32 Å². The lowest BCUT2D eigenvalue weighted by molar-refractivity contribution is -0.136. The molecule has 0 heterocycles. The molecule has 190 valence electrons. The van der Waals surface area contributed by atoms with Gasteiger partial charge in [-0.15, -0.1) is 0 Å². The number of alkyl halides is 1. The Morgan fingerprint density at radius 1 is 1.00 bits per heavy atom. The van der Waals surface area contributed by atoms with Gasteiger partial charge in [0.1, 0.15) is 23.5 Å². The molecule has 8 heteroatoms. The first-order chi connectivity index (χ1) is 17.1. The molecular weight excluding hydrogens is 488 g/mol. The van der Waals surface area contributed by atoms with Crippen molar-refractivity contribution in [2.45, 2.75) is 52.2 Å². The lowest BCUT2D eigenvalue weighted by atomic mass is 10.0. The second-order valence-electron chi connectivity index (χ2n) is 8.55. The van der Waals surface area contributed by atoms with E-state index in [4.69, 9.17) is 21.4 Å². The number of aliphatic carboxylic acids is 1. The SMILES string of the molecule is CCc1cc(Oc2cc(F)cc(C(C)NC(=O)c3ccc(C(C)F)cc3Cl)c2)ccc1CCC(=O)O. The summed E-state index contributed by atoms with van der Waals surface area (Å²) in [6.07, 6.45) is -0.0653. The summed E-state index contributed by atoms with van der Waals surface area (Å²) in [6.45, 7) is 5.05. The predicted octanol–water partition coefficient (Wildman–Crippen LogP) is 7.37. The molecule has 2 N–H and O–H groups in total. The van der Waals surface area contributed by atoms with Gasteiger partial charge in [0.2, 0.25) is 0 Å². The van der Waals surface area contributed by atoms with Gasteiger partial charge in [-0.2, -0.15) is 0 Å². The lowest BCUT2D eigenvalue weighted by Crippen LogP contribution is -2.27. The molecule has 2 unspecified atom stereocenters. The number of amides is 1. The number of hydrogen-bond acceptors (Lipinski definition) is 3. The fourth-order valence-electron chi connectivity index (χ4n) is 3.83. The maximum atomic E-state index is 14.4. The Bertz CT molecular complexity index is 1260. The molecule has 0 saturated heterocycles. The Balaban J connectivity index is 1.76. The average molecular weight is 516 g/mol. The van der Waals surface area contributed by atoms with Crippen LogP contribution in [0.4, 0.5) is 8.78 Å². The number of halogens is 3. The third-order valence-corrected chi connectivity index (χ3v) is 6.15. The molecule has 0 bridgehead atoms. The van der Waals surface area contributed by atoms with Gasteiger partial charge in [0.05, 0.1) is 16.6 Å². The monoisotopic (exact) mass is 515 g/mol. The third kappa shape index (κ3) is 7.04. The van der Waals surface area contributed by atoms with Crippen LogP contribution in [-0.4, -0.2) is 17.0 Å². The summed E-state index contributed by atoms with van der Waals surface area (Å²) in [7, 11) is 0. The van der Waals surface area contributed by atoms with Crippen molar-refractivity contribution < 1.29 is 28.2 Å². The number of rotatable bonds is 10. The summed E-state index contributed by atoms with van der Waals surface area (Å²) in [5.41, 5.74) is 2.93. The standard InChI is InChI=1S/C28H28ClF2NO4/c1-4-18-12-23(8-5-19(18)7-10-27(33)34)36-24-13-21(11-22(31)15-24)17(3)32-28(35)25-9-6-20(16(2)30)14-26(25)29/h5-6,8-9,11-17H,4,7,10H2,1-3H3,(H,32,35)(H,33,34). The average Bonchev–Trinajstić information content (AvgIpc) is 2.82. The van der Waals surface area contributed by atoms with Crippen LogP contribution in [0, 0.1) is 5.82 Å². The van der Waals surface area contributed by atoms with E-state index in [1.807, 2.05) is 19.1 Å². The van der Waals surface area contributed by atoms with E-state index < -0.39 is 29.9 Å². The molecule has 5 nitrogen and oxygen atoms in total. The number of carbonyl (C=O) groups excluding carboxylic acids is 1. The molecule has 3 aromatic rings. The third-order valence-electron chi connectivity index (χ3n) is 5.84. The quantitative estimate of drug-likeness (QED) is 0.295. The number of carbonyl (C=O) groups is 2. The van der Waals surface area contributed by atoms with Crippen molar-refractivity contribution in [3.05, 3.63) is 93.3 Å². The largest absolute Gasteiger partial charge is 0.481 e. The van der Waals surface area contributed by atoms with Crippen LogP contribution < -0.4 is 10.1 Å². The maximum Gasteiger partial charge on any atom is 0.303 e. The molecule has 0 aliphatic rings. The molecular formula is C28H28ClF2NO4. The van der Waals surface area contributed by atoms with Crippen LogP contribution in [-0.2, 0) is 17.6 Å². The number of benzene rings is 3. The van der Waals surface area contributed by atoms with Crippen LogP contribution >= 0.6 is 11.6 Å². The molecule has 36 heavy (non-hydrogen) atoms. The van der Waals surface area contributed by atoms with Gasteiger partial charge in [-0.05, 0) is 85.3 Å². The van der Waals surface area contributed by atoms with Gasteiger partial charge >= 0.3 is 5.97 Å². The van der Waals surface area contributed by atoms with Gasteiger partial charge in [0.25, 0.3) is 5.91 Å². The van der Waals surface area contributed by atoms with Gasteiger partial charge in [0.15, 0.2) is 0 Å². The number of carboxylic acid groups (broad SMARTS) is 1. The Hall–Kier alpha value is -3.45. The van der Waals surface area contributed by atoms with E-state index >= 15 is 0 Å². The summed E-state index contributed by atoms with van der Waals surface area (Å²) >= 11 is 6.17. The van der Waals surface area contributed by atoms with Crippen molar-refractivity contribution in [3.63, 3.8) is 0 Å². The molecule has 3 aromatic carbocycles. The van der Waals surface area contributed by atoms with E-state index in [-0.39, 0.29) is 22.8 Å². The van der Waals surface area contributed by atoms with Crippen LogP contribution in [0.25, 0.3) is 0 Å². The molecule has 2 atom stereocenters.